The molecule has 0 fully saturated rings. The molecule has 1 aromatic carbocycles. The van der Waals surface area contributed by atoms with Gasteiger partial charge in [-0.05, 0) is 31.2 Å². The van der Waals surface area contributed by atoms with E-state index in [4.69, 9.17) is 5.11 Å². The summed E-state index contributed by atoms with van der Waals surface area (Å²) >= 11 is 1.35. The third-order valence-corrected chi connectivity index (χ3v) is 3.41. The lowest BCUT2D eigenvalue weighted by Crippen LogP contribution is -1.96. The van der Waals surface area contributed by atoms with Crippen molar-refractivity contribution in [3.8, 4) is 0 Å². The number of nitrogens with zero attached hydrogens (tertiary/aromatic N) is 1. The largest absolute Gasteiger partial charge is 0.478 e. The predicted molar refractivity (Wildman–Crippen MR) is 71.8 cm³/mol. The van der Waals surface area contributed by atoms with Crippen molar-refractivity contribution >= 4 is 23.5 Å². The molecule has 1 N–H and O–H groups in total. The standard InChI is InChI=1S/C14H11NO3S/c1-9(16)10-2-4-12(5-3-10)19-13-8-11(14(17)18)6-7-15-13/h2-8H,1H3,(H,17,18). The zero-order chi connectivity index (χ0) is 13.8. The van der Waals surface area contributed by atoms with Crippen LogP contribution >= 0.6 is 11.8 Å². The van der Waals surface area contributed by atoms with Crippen molar-refractivity contribution in [1.29, 1.82) is 0 Å². The van der Waals surface area contributed by atoms with Gasteiger partial charge >= 0.3 is 5.97 Å². The van der Waals surface area contributed by atoms with Gasteiger partial charge in [-0.3, -0.25) is 4.79 Å². The fraction of sp³-hybridized carbons (Fsp3) is 0.0714. The SMILES string of the molecule is CC(=O)c1ccc(Sc2cc(C(=O)O)ccn2)cc1. The molecule has 0 atom stereocenters. The van der Waals surface area contributed by atoms with Gasteiger partial charge in [0.05, 0.1) is 5.56 Å². The Labute approximate surface area is 114 Å². The zero-order valence-corrected chi connectivity index (χ0v) is 11.0. The molecule has 2 rings (SSSR count). The predicted octanol–water partition coefficient (Wildman–Crippen LogP) is 3.13. The van der Waals surface area contributed by atoms with Crippen LogP contribution in [0.5, 0.6) is 0 Å². The highest BCUT2D eigenvalue weighted by molar-refractivity contribution is 7.99. The first kappa shape index (κ1) is 13.3. The number of hydrogen-bond donors (Lipinski definition) is 1. The summed E-state index contributed by atoms with van der Waals surface area (Å²) in [5.41, 5.74) is 0.856. The molecule has 4 nitrogen and oxygen atoms in total. The Kier molecular flexibility index (Phi) is 3.97. The van der Waals surface area contributed by atoms with Crippen LogP contribution in [0.25, 0.3) is 0 Å². The lowest BCUT2D eigenvalue weighted by atomic mass is 10.2. The van der Waals surface area contributed by atoms with Crippen molar-refractivity contribution in [3.05, 3.63) is 53.7 Å². The lowest BCUT2D eigenvalue weighted by molar-refractivity contribution is 0.0696. The number of hydrogen-bond acceptors (Lipinski definition) is 4. The highest BCUT2D eigenvalue weighted by atomic mass is 32.2. The molecule has 0 radical (unpaired) electrons. The smallest absolute Gasteiger partial charge is 0.335 e. The number of ketones is 1. The van der Waals surface area contributed by atoms with Gasteiger partial charge in [0, 0.05) is 16.7 Å². The van der Waals surface area contributed by atoms with Gasteiger partial charge in [-0.2, -0.15) is 0 Å². The summed E-state index contributed by atoms with van der Waals surface area (Å²) in [6.07, 6.45) is 1.47. The van der Waals surface area contributed by atoms with Crippen LogP contribution in [-0.2, 0) is 0 Å². The second-order valence-corrected chi connectivity index (χ2v) is 4.96. The number of pyridine rings is 1. The van der Waals surface area contributed by atoms with E-state index in [1.807, 2.05) is 12.1 Å². The van der Waals surface area contributed by atoms with E-state index in [1.165, 1.54) is 37.0 Å². The van der Waals surface area contributed by atoms with Crippen LogP contribution in [0, 0.1) is 0 Å². The molecule has 0 aliphatic heterocycles. The summed E-state index contributed by atoms with van der Waals surface area (Å²) in [5, 5.41) is 9.51. The van der Waals surface area contributed by atoms with E-state index in [9.17, 15) is 9.59 Å². The molecule has 19 heavy (non-hydrogen) atoms. The van der Waals surface area contributed by atoms with Gasteiger partial charge in [-0.25, -0.2) is 9.78 Å². The van der Waals surface area contributed by atoms with Crippen molar-refractivity contribution in [2.75, 3.05) is 0 Å². The third kappa shape index (κ3) is 3.42. The molecule has 0 amide bonds. The third-order valence-electron chi connectivity index (χ3n) is 2.47. The van der Waals surface area contributed by atoms with Crippen LogP contribution in [0.3, 0.4) is 0 Å². The van der Waals surface area contributed by atoms with Gasteiger partial charge in [-0.1, -0.05) is 23.9 Å². The zero-order valence-electron chi connectivity index (χ0n) is 10.2. The number of carbonyl (C=O) groups excluding carboxylic acids is 1. The molecule has 0 spiro atoms. The van der Waals surface area contributed by atoms with Crippen molar-refractivity contribution < 1.29 is 14.7 Å². The van der Waals surface area contributed by atoms with Crippen molar-refractivity contribution in [1.82, 2.24) is 4.98 Å². The van der Waals surface area contributed by atoms with Crippen LogP contribution < -0.4 is 0 Å². The number of aromatic nitrogens is 1. The summed E-state index contributed by atoms with van der Waals surface area (Å²) in [5.74, 6) is -0.960. The van der Waals surface area contributed by atoms with Crippen LogP contribution in [0.2, 0.25) is 0 Å². The molecule has 0 saturated carbocycles. The fourth-order valence-corrected chi connectivity index (χ4v) is 2.29. The maximum absolute atomic E-state index is 11.2. The summed E-state index contributed by atoms with van der Waals surface area (Å²) in [6, 6.07) is 10.1. The Morgan fingerprint density at radius 1 is 1.11 bits per heavy atom. The van der Waals surface area contributed by atoms with E-state index in [2.05, 4.69) is 4.98 Å². The lowest BCUT2D eigenvalue weighted by Gasteiger charge is -2.02. The van der Waals surface area contributed by atoms with E-state index in [0.717, 1.165) is 4.90 Å². The van der Waals surface area contributed by atoms with Crippen LogP contribution in [0.4, 0.5) is 0 Å². The highest BCUT2D eigenvalue weighted by Gasteiger charge is 2.06. The molecule has 96 valence electrons. The minimum absolute atomic E-state index is 0.0162. The molecular formula is C14H11NO3S. The molecule has 5 heteroatoms. The number of carbonyl (C=O) groups is 2. The number of Topliss-reactive ketones (excluding diaryl/α,β-unsaturated/α-hetero) is 1. The average Bonchev–Trinajstić information content (AvgIpc) is 2.39. The molecule has 1 heterocycles. The van der Waals surface area contributed by atoms with Gasteiger partial charge in [-0.15, -0.1) is 0 Å². The maximum Gasteiger partial charge on any atom is 0.335 e. The molecule has 0 saturated heterocycles. The molecule has 1 aromatic heterocycles. The Hall–Kier alpha value is -2.14. The number of carboxylic acid groups (broad SMARTS) is 1. The van der Waals surface area contributed by atoms with Crippen LogP contribution in [-0.4, -0.2) is 21.8 Å². The van der Waals surface area contributed by atoms with Gasteiger partial charge in [0.2, 0.25) is 0 Å². The Bertz CT molecular complexity index is 623. The summed E-state index contributed by atoms with van der Waals surface area (Å²) in [4.78, 5) is 27.0. The van der Waals surface area contributed by atoms with E-state index < -0.39 is 5.97 Å². The highest BCUT2D eigenvalue weighted by Crippen LogP contribution is 2.26. The Morgan fingerprint density at radius 2 is 1.79 bits per heavy atom. The first-order valence-corrected chi connectivity index (χ1v) is 6.36. The van der Waals surface area contributed by atoms with E-state index in [1.54, 1.807) is 12.1 Å². The van der Waals surface area contributed by atoms with Gasteiger partial charge in [0.25, 0.3) is 0 Å². The first-order valence-electron chi connectivity index (χ1n) is 5.54. The minimum atomic E-state index is -0.976. The van der Waals surface area contributed by atoms with Gasteiger partial charge < -0.3 is 5.11 Å². The Morgan fingerprint density at radius 3 is 2.37 bits per heavy atom. The quantitative estimate of drug-likeness (QED) is 0.867. The number of benzene rings is 1. The second-order valence-electron chi connectivity index (χ2n) is 3.87. The summed E-state index contributed by atoms with van der Waals surface area (Å²) in [7, 11) is 0. The van der Waals surface area contributed by atoms with Gasteiger partial charge in [0.15, 0.2) is 5.78 Å². The number of rotatable bonds is 4. The van der Waals surface area contributed by atoms with E-state index in [-0.39, 0.29) is 11.3 Å². The maximum atomic E-state index is 11.2. The van der Waals surface area contributed by atoms with Crippen LogP contribution in [0.1, 0.15) is 27.6 Å². The van der Waals surface area contributed by atoms with E-state index >= 15 is 0 Å². The number of aromatic carboxylic acids is 1. The molecule has 2 aromatic rings. The number of carboxylic acids is 1. The summed E-state index contributed by atoms with van der Waals surface area (Å²) < 4.78 is 0. The first-order chi connectivity index (χ1) is 9.06. The monoisotopic (exact) mass is 273 g/mol. The van der Waals surface area contributed by atoms with Crippen LogP contribution in [0.15, 0.2) is 52.5 Å². The molecule has 0 bridgehead atoms. The molecule has 0 aliphatic carbocycles. The second kappa shape index (κ2) is 5.67. The Balaban J connectivity index is 2.19. The molecule has 0 aliphatic rings. The van der Waals surface area contributed by atoms with E-state index in [0.29, 0.717) is 10.6 Å². The molecule has 0 unspecified atom stereocenters. The minimum Gasteiger partial charge on any atom is -0.478 e. The van der Waals surface area contributed by atoms with Crippen molar-refractivity contribution in [2.45, 2.75) is 16.8 Å². The fourth-order valence-electron chi connectivity index (χ4n) is 1.48. The average molecular weight is 273 g/mol. The van der Waals surface area contributed by atoms with Gasteiger partial charge in [0.1, 0.15) is 5.03 Å². The van der Waals surface area contributed by atoms with Crippen molar-refractivity contribution in [2.24, 2.45) is 0 Å². The molecular weight excluding hydrogens is 262 g/mol. The normalized spacial score (nSPS) is 10.2. The van der Waals surface area contributed by atoms with Crippen molar-refractivity contribution in [3.63, 3.8) is 0 Å². The summed E-state index contributed by atoms with van der Waals surface area (Å²) in [6.45, 7) is 1.51. The topological polar surface area (TPSA) is 67.3 Å².